The summed E-state index contributed by atoms with van der Waals surface area (Å²) in [5, 5.41) is 6.25. The largest absolute Gasteiger partial charge is 0.349 e. The lowest BCUT2D eigenvalue weighted by atomic mass is 9.76. The van der Waals surface area contributed by atoms with Gasteiger partial charge in [-0.25, -0.2) is 8.78 Å². The maximum atomic E-state index is 13.3. The second-order valence-corrected chi connectivity index (χ2v) is 9.63. The summed E-state index contributed by atoms with van der Waals surface area (Å²) >= 11 is 5.87. The van der Waals surface area contributed by atoms with Crippen LogP contribution < -0.4 is 15.5 Å². The van der Waals surface area contributed by atoms with Crippen molar-refractivity contribution in [3.05, 3.63) is 58.4 Å². The Hall–Kier alpha value is -2.29. The molecule has 1 spiro atoms. The third-order valence-electron chi connectivity index (χ3n) is 7.18. The number of alkyl halides is 2. The van der Waals surface area contributed by atoms with Crippen LogP contribution in [0, 0.1) is 5.92 Å². The Balaban J connectivity index is 0.00000274. The van der Waals surface area contributed by atoms with Crippen molar-refractivity contribution >= 4 is 41.5 Å². The Morgan fingerprint density at radius 3 is 2.59 bits per heavy atom. The first kappa shape index (κ1) is 24.8. The molecule has 2 fully saturated rings. The van der Waals surface area contributed by atoms with E-state index >= 15 is 0 Å². The number of nitrogens with zero attached hydrogens (tertiary/aromatic N) is 2. The number of benzene rings is 1. The molecule has 1 saturated carbocycles. The van der Waals surface area contributed by atoms with Crippen LogP contribution in [0.3, 0.4) is 0 Å². The number of para-hydroxylation sites is 1. The number of aromatic nitrogens is 1. The van der Waals surface area contributed by atoms with Crippen LogP contribution in [-0.2, 0) is 10.2 Å². The molecule has 1 aromatic heterocycles. The fraction of sp³-hybridized carbons (Fsp3) is 0.458. The van der Waals surface area contributed by atoms with E-state index in [9.17, 15) is 18.4 Å². The highest BCUT2D eigenvalue weighted by molar-refractivity contribution is 6.30. The van der Waals surface area contributed by atoms with Crippen LogP contribution in [0.25, 0.3) is 0 Å². The van der Waals surface area contributed by atoms with Crippen LogP contribution >= 0.6 is 24.0 Å². The topological polar surface area (TPSA) is 74.3 Å². The van der Waals surface area contributed by atoms with E-state index in [0.29, 0.717) is 25.6 Å². The van der Waals surface area contributed by atoms with Gasteiger partial charge in [0.05, 0.1) is 10.6 Å². The minimum Gasteiger partial charge on any atom is -0.349 e. The Bertz CT molecular complexity index is 1090. The Morgan fingerprint density at radius 2 is 1.94 bits per heavy atom. The molecule has 0 radical (unpaired) electrons. The summed E-state index contributed by atoms with van der Waals surface area (Å²) < 4.78 is 26.5. The SMILES string of the molecule is Cl.O=C(NC1CCC(CN2C(=O)C3(CNC3)c3ccccc32)CC1)c1cc(Cl)cnc1C(F)F. The Kier molecular flexibility index (Phi) is 7.12. The quantitative estimate of drug-likeness (QED) is 0.629. The molecule has 2 N–H and O–H groups in total. The number of hydrogen-bond acceptors (Lipinski definition) is 4. The first-order chi connectivity index (χ1) is 15.9. The number of rotatable bonds is 5. The molecule has 2 aromatic rings. The zero-order chi connectivity index (χ0) is 23.2. The van der Waals surface area contributed by atoms with Crippen molar-refractivity contribution < 1.29 is 18.4 Å². The molecule has 2 amide bonds. The zero-order valence-corrected chi connectivity index (χ0v) is 20.0. The van der Waals surface area contributed by atoms with Gasteiger partial charge in [-0.1, -0.05) is 29.8 Å². The van der Waals surface area contributed by atoms with E-state index in [4.69, 9.17) is 11.6 Å². The van der Waals surface area contributed by atoms with E-state index in [2.05, 4.69) is 21.7 Å². The molecule has 6 nitrogen and oxygen atoms in total. The molecule has 182 valence electrons. The molecule has 3 heterocycles. The summed E-state index contributed by atoms with van der Waals surface area (Å²) in [6.45, 7) is 2.01. The van der Waals surface area contributed by atoms with Crippen LogP contribution in [0.5, 0.6) is 0 Å². The van der Waals surface area contributed by atoms with Gasteiger partial charge in [0.2, 0.25) is 5.91 Å². The number of halogens is 4. The van der Waals surface area contributed by atoms with E-state index in [0.717, 1.165) is 43.1 Å². The van der Waals surface area contributed by atoms with Gasteiger partial charge in [0.1, 0.15) is 11.1 Å². The lowest BCUT2D eigenvalue weighted by Crippen LogP contribution is -2.62. The molecule has 10 heteroatoms. The zero-order valence-electron chi connectivity index (χ0n) is 18.4. The minimum absolute atomic E-state index is 0. The van der Waals surface area contributed by atoms with Gasteiger partial charge >= 0.3 is 0 Å². The molecule has 1 aromatic carbocycles. The molecule has 0 unspecified atom stereocenters. The van der Waals surface area contributed by atoms with Crippen LogP contribution in [0.4, 0.5) is 14.5 Å². The summed E-state index contributed by atoms with van der Waals surface area (Å²) in [6.07, 6.45) is 1.41. The number of nitrogens with one attached hydrogen (secondary N) is 2. The number of amides is 2. The van der Waals surface area contributed by atoms with Gasteiger partial charge in [-0.05, 0) is 49.3 Å². The summed E-state index contributed by atoms with van der Waals surface area (Å²) in [5.41, 5.74) is 0.955. The van der Waals surface area contributed by atoms with Gasteiger partial charge in [-0.15, -0.1) is 12.4 Å². The van der Waals surface area contributed by atoms with Gasteiger partial charge in [0, 0.05) is 37.6 Å². The van der Waals surface area contributed by atoms with Crippen molar-refractivity contribution in [2.75, 3.05) is 24.5 Å². The standard InChI is InChI=1S/C24H25ClF2N4O2.ClH/c25-15-9-17(20(21(26)27)29-10-15)22(32)30-16-7-5-14(6-8-16)11-31-19-4-2-1-3-18(19)24(23(31)33)12-28-13-24;/h1-4,9-10,14,16,21,28H,5-8,11-13H2,(H,30,32);1H. The lowest BCUT2D eigenvalue weighted by molar-refractivity contribution is -0.125. The van der Waals surface area contributed by atoms with Crippen molar-refractivity contribution in [1.29, 1.82) is 0 Å². The van der Waals surface area contributed by atoms with Crippen molar-refractivity contribution in [1.82, 2.24) is 15.6 Å². The van der Waals surface area contributed by atoms with Crippen LogP contribution in [0.2, 0.25) is 5.02 Å². The van der Waals surface area contributed by atoms with E-state index in [1.54, 1.807) is 0 Å². The second-order valence-electron chi connectivity index (χ2n) is 9.20. The van der Waals surface area contributed by atoms with E-state index < -0.39 is 23.4 Å². The number of carbonyl (C=O) groups is 2. The summed E-state index contributed by atoms with van der Waals surface area (Å²) in [6, 6.07) is 9.15. The smallest absolute Gasteiger partial charge is 0.281 e. The van der Waals surface area contributed by atoms with Gasteiger partial charge in [0.15, 0.2) is 0 Å². The minimum atomic E-state index is -2.85. The van der Waals surface area contributed by atoms with Crippen molar-refractivity contribution in [2.24, 2.45) is 5.92 Å². The molecule has 2 aliphatic heterocycles. The molecule has 1 saturated heterocycles. The highest BCUT2D eigenvalue weighted by Gasteiger charge is 2.54. The number of hydrogen-bond donors (Lipinski definition) is 2. The summed E-state index contributed by atoms with van der Waals surface area (Å²) in [4.78, 5) is 31.5. The number of fused-ring (bicyclic) bond motifs is 2. The molecule has 34 heavy (non-hydrogen) atoms. The summed E-state index contributed by atoms with van der Waals surface area (Å²) in [7, 11) is 0. The van der Waals surface area contributed by atoms with E-state index in [1.807, 2.05) is 23.1 Å². The third kappa shape index (κ3) is 4.27. The molecule has 0 atom stereocenters. The predicted octanol–water partition coefficient (Wildman–Crippen LogP) is 4.27. The average molecular weight is 511 g/mol. The molecule has 0 bridgehead atoms. The van der Waals surface area contributed by atoms with Crippen LogP contribution in [0.15, 0.2) is 36.5 Å². The first-order valence-corrected chi connectivity index (χ1v) is 11.6. The number of carbonyl (C=O) groups excluding carboxylic acids is 2. The van der Waals surface area contributed by atoms with Gasteiger partial charge in [0.25, 0.3) is 12.3 Å². The Morgan fingerprint density at radius 1 is 1.24 bits per heavy atom. The fourth-order valence-electron chi connectivity index (χ4n) is 5.31. The Labute approximate surface area is 207 Å². The highest BCUT2D eigenvalue weighted by Crippen LogP contribution is 2.45. The molecular formula is C24H26Cl2F2N4O2. The molecule has 5 rings (SSSR count). The van der Waals surface area contributed by atoms with Crippen molar-refractivity contribution in [3.8, 4) is 0 Å². The monoisotopic (exact) mass is 510 g/mol. The van der Waals surface area contributed by atoms with Crippen LogP contribution in [0.1, 0.15) is 53.7 Å². The van der Waals surface area contributed by atoms with E-state index in [-0.39, 0.29) is 34.9 Å². The van der Waals surface area contributed by atoms with Gasteiger partial charge in [-0.2, -0.15) is 0 Å². The average Bonchev–Trinajstić information content (AvgIpc) is 3.03. The number of anilines is 1. The third-order valence-corrected chi connectivity index (χ3v) is 7.38. The normalized spacial score (nSPS) is 22.8. The van der Waals surface area contributed by atoms with Crippen molar-refractivity contribution in [3.63, 3.8) is 0 Å². The van der Waals surface area contributed by atoms with E-state index in [1.165, 1.54) is 6.07 Å². The first-order valence-electron chi connectivity index (χ1n) is 11.3. The fourth-order valence-corrected chi connectivity index (χ4v) is 5.47. The second kappa shape index (κ2) is 9.76. The molecule has 1 aliphatic carbocycles. The number of pyridine rings is 1. The maximum Gasteiger partial charge on any atom is 0.281 e. The molecule has 3 aliphatic rings. The lowest BCUT2D eigenvalue weighted by Gasteiger charge is -2.38. The van der Waals surface area contributed by atoms with Crippen LogP contribution in [-0.4, -0.2) is 42.5 Å². The van der Waals surface area contributed by atoms with Gasteiger partial charge in [-0.3, -0.25) is 14.6 Å². The molecular weight excluding hydrogens is 485 g/mol. The predicted molar refractivity (Wildman–Crippen MR) is 128 cm³/mol. The van der Waals surface area contributed by atoms with Crippen molar-refractivity contribution in [2.45, 2.75) is 43.6 Å². The highest BCUT2D eigenvalue weighted by atomic mass is 35.5. The van der Waals surface area contributed by atoms with Gasteiger partial charge < -0.3 is 15.5 Å². The maximum absolute atomic E-state index is 13.3. The summed E-state index contributed by atoms with van der Waals surface area (Å²) in [5.74, 6) is -0.0829.